The van der Waals surface area contributed by atoms with E-state index in [4.69, 9.17) is 4.74 Å². The van der Waals surface area contributed by atoms with Crippen molar-refractivity contribution in [2.24, 2.45) is 0 Å². The summed E-state index contributed by atoms with van der Waals surface area (Å²) in [6.45, 7) is 4.81. The lowest BCUT2D eigenvalue weighted by molar-refractivity contribution is 0.0524. The predicted octanol–water partition coefficient (Wildman–Crippen LogP) is 3.05. The maximum absolute atomic E-state index is 11.7. The summed E-state index contributed by atoms with van der Waals surface area (Å²) in [4.78, 5) is 20.3. The van der Waals surface area contributed by atoms with Gasteiger partial charge in [-0.05, 0) is 32.9 Å². The van der Waals surface area contributed by atoms with E-state index in [-0.39, 0.29) is 5.97 Å². The fourth-order valence-electron chi connectivity index (χ4n) is 2.67. The quantitative estimate of drug-likeness (QED) is 0.815. The van der Waals surface area contributed by atoms with Crippen molar-refractivity contribution < 1.29 is 9.53 Å². The van der Waals surface area contributed by atoms with Crippen LogP contribution >= 0.6 is 11.8 Å². The number of ether oxygens (including phenoxy) is 1. The summed E-state index contributed by atoms with van der Waals surface area (Å²) in [5.41, 5.74) is 1.08. The number of anilines is 1. The van der Waals surface area contributed by atoms with Crippen molar-refractivity contribution in [2.75, 3.05) is 24.7 Å². The molecule has 6 heteroatoms. The standard InChI is InChI=1S/C15H23N3O2S/c1-4-20-13(19)12-9-16-14(18-11(12)2)17-10-15(21-3)7-5-6-8-15/h9H,4-8,10H2,1-3H3,(H,16,17,18). The third kappa shape index (κ3) is 3.87. The van der Waals surface area contributed by atoms with E-state index in [9.17, 15) is 4.79 Å². The number of aryl methyl sites for hydroxylation is 1. The van der Waals surface area contributed by atoms with Gasteiger partial charge in [-0.1, -0.05) is 12.8 Å². The summed E-state index contributed by atoms with van der Waals surface area (Å²) in [6.07, 6.45) is 8.78. The molecule has 0 bridgehead atoms. The lowest BCUT2D eigenvalue weighted by Crippen LogP contribution is -2.30. The highest BCUT2D eigenvalue weighted by Crippen LogP contribution is 2.40. The molecule has 21 heavy (non-hydrogen) atoms. The molecule has 1 N–H and O–H groups in total. The molecule has 0 amide bonds. The van der Waals surface area contributed by atoms with E-state index in [1.54, 1.807) is 20.0 Å². The molecule has 1 fully saturated rings. The Labute approximate surface area is 130 Å². The Morgan fingerprint density at radius 3 is 2.76 bits per heavy atom. The van der Waals surface area contributed by atoms with E-state index in [0.29, 0.717) is 28.6 Å². The van der Waals surface area contributed by atoms with Crippen molar-refractivity contribution in [3.63, 3.8) is 0 Å². The number of rotatable bonds is 6. The molecule has 1 aliphatic rings. The van der Waals surface area contributed by atoms with Crippen LogP contribution in [0.15, 0.2) is 6.20 Å². The third-order valence-corrected chi connectivity index (χ3v) is 5.41. The molecular formula is C15H23N3O2S. The van der Waals surface area contributed by atoms with Gasteiger partial charge in [0.05, 0.1) is 17.9 Å². The van der Waals surface area contributed by atoms with Gasteiger partial charge in [-0.25, -0.2) is 14.8 Å². The molecule has 1 aromatic rings. The first-order valence-corrected chi connectivity index (χ1v) is 8.62. The van der Waals surface area contributed by atoms with Crippen molar-refractivity contribution in [3.8, 4) is 0 Å². The Morgan fingerprint density at radius 1 is 1.48 bits per heavy atom. The second kappa shape index (κ2) is 7.11. The fraction of sp³-hybridized carbons (Fsp3) is 0.667. The molecule has 0 aromatic carbocycles. The van der Waals surface area contributed by atoms with Gasteiger partial charge in [0, 0.05) is 17.5 Å². The number of carbonyl (C=O) groups is 1. The number of carbonyl (C=O) groups excluding carboxylic acids is 1. The average Bonchev–Trinajstić information content (AvgIpc) is 2.95. The smallest absolute Gasteiger partial charge is 0.341 e. The van der Waals surface area contributed by atoms with Gasteiger partial charge in [0.25, 0.3) is 0 Å². The zero-order valence-electron chi connectivity index (χ0n) is 12.9. The zero-order valence-corrected chi connectivity index (χ0v) is 13.8. The van der Waals surface area contributed by atoms with Crippen molar-refractivity contribution in [3.05, 3.63) is 17.5 Å². The SMILES string of the molecule is CCOC(=O)c1cnc(NCC2(SC)CCCC2)nc1C. The minimum absolute atomic E-state index is 0.303. The molecule has 0 unspecified atom stereocenters. The summed E-state index contributed by atoms with van der Waals surface area (Å²) in [5.74, 6) is 0.221. The molecular weight excluding hydrogens is 286 g/mol. The van der Waals surface area contributed by atoms with Gasteiger partial charge in [0.2, 0.25) is 5.95 Å². The molecule has 0 atom stereocenters. The molecule has 0 radical (unpaired) electrons. The van der Waals surface area contributed by atoms with Gasteiger partial charge >= 0.3 is 5.97 Å². The Hall–Kier alpha value is -1.30. The Morgan fingerprint density at radius 2 is 2.19 bits per heavy atom. The molecule has 2 rings (SSSR count). The summed E-state index contributed by atoms with van der Waals surface area (Å²) in [6, 6.07) is 0. The predicted molar refractivity (Wildman–Crippen MR) is 85.9 cm³/mol. The van der Waals surface area contributed by atoms with E-state index in [2.05, 4.69) is 21.5 Å². The number of aromatic nitrogens is 2. The summed E-state index contributed by atoms with van der Waals surface area (Å²) in [5, 5.41) is 3.32. The minimum Gasteiger partial charge on any atom is -0.462 e. The third-order valence-electron chi connectivity index (χ3n) is 3.99. The number of nitrogens with zero attached hydrogens (tertiary/aromatic N) is 2. The van der Waals surface area contributed by atoms with E-state index in [0.717, 1.165) is 6.54 Å². The Balaban J connectivity index is 2.01. The van der Waals surface area contributed by atoms with E-state index in [1.807, 2.05) is 11.8 Å². The average molecular weight is 309 g/mol. The van der Waals surface area contributed by atoms with E-state index < -0.39 is 0 Å². The lowest BCUT2D eigenvalue weighted by atomic mass is 10.1. The van der Waals surface area contributed by atoms with Gasteiger partial charge in [0.15, 0.2) is 0 Å². The van der Waals surface area contributed by atoms with Gasteiger partial charge in [0.1, 0.15) is 0 Å². The van der Waals surface area contributed by atoms with Crippen molar-refractivity contribution >= 4 is 23.7 Å². The molecule has 0 spiro atoms. The second-order valence-corrected chi connectivity index (χ2v) is 6.64. The van der Waals surface area contributed by atoms with Crippen LogP contribution in [0, 0.1) is 6.92 Å². The second-order valence-electron chi connectivity index (χ2n) is 5.36. The number of nitrogens with one attached hydrogen (secondary N) is 1. The van der Waals surface area contributed by atoms with E-state index >= 15 is 0 Å². The molecule has 1 aromatic heterocycles. The van der Waals surface area contributed by atoms with Gasteiger partial charge < -0.3 is 10.1 Å². The van der Waals surface area contributed by atoms with Crippen LogP contribution in [0.3, 0.4) is 0 Å². The summed E-state index contributed by atoms with van der Waals surface area (Å²) < 4.78 is 5.28. The van der Waals surface area contributed by atoms with Crippen molar-refractivity contribution in [1.82, 2.24) is 9.97 Å². The van der Waals surface area contributed by atoms with Crippen LogP contribution in [-0.2, 0) is 4.74 Å². The van der Waals surface area contributed by atoms with Crippen molar-refractivity contribution in [1.29, 1.82) is 0 Å². The largest absolute Gasteiger partial charge is 0.462 e. The van der Waals surface area contributed by atoms with Crippen LogP contribution < -0.4 is 5.32 Å². The first-order chi connectivity index (χ1) is 10.1. The van der Waals surface area contributed by atoms with Gasteiger partial charge in [-0.3, -0.25) is 0 Å². The lowest BCUT2D eigenvalue weighted by Gasteiger charge is -2.26. The Kier molecular flexibility index (Phi) is 5.45. The van der Waals surface area contributed by atoms with Crippen LogP contribution in [0.5, 0.6) is 0 Å². The van der Waals surface area contributed by atoms with Crippen LogP contribution in [0.2, 0.25) is 0 Å². The maximum Gasteiger partial charge on any atom is 0.341 e. The first kappa shape index (κ1) is 16.1. The van der Waals surface area contributed by atoms with Crippen LogP contribution in [0.1, 0.15) is 48.7 Å². The monoisotopic (exact) mass is 309 g/mol. The van der Waals surface area contributed by atoms with E-state index in [1.165, 1.54) is 25.7 Å². The molecule has 1 heterocycles. The zero-order chi connectivity index (χ0) is 15.3. The first-order valence-electron chi connectivity index (χ1n) is 7.40. The van der Waals surface area contributed by atoms with Crippen molar-refractivity contribution in [2.45, 2.75) is 44.3 Å². The molecule has 116 valence electrons. The molecule has 0 aliphatic heterocycles. The molecule has 1 saturated carbocycles. The normalized spacial score (nSPS) is 16.7. The van der Waals surface area contributed by atoms with Gasteiger partial charge in [-0.15, -0.1) is 0 Å². The number of hydrogen-bond donors (Lipinski definition) is 1. The summed E-state index contributed by atoms with van der Waals surface area (Å²) >= 11 is 1.93. The van der Waals surface area contributed by atoms with Crippen LogP contribution in [-0.4, -0.2) is 40.1 Å². The molecule has 0 saturated heterocycles. The topological polar surface area (TPSA) is 64.1 Å². The molecule has 1 aliphatic carbocycles. The van der Waals surface area contributed by atoms with Gasteiger partial charge in [-0.2, -0.15) is 11.8 Å². The van der Waals surface area contributed by atoms with Crippen LogP contribution in [0.4, 0.5) is 5.95 Å². The number of hydrogen-bond acceptors (Lipinski definition) is 6. The minimum atomic E-state index is -0.363. The highest BCUT2D eigenvalue weighted by Gasteiger charge is 2.32. The summed E-state index contributed by atoms with van der Waals surface area (Å²) in [7, 11) is 0. The fourth-order valence-corrected chi connectivity index (χ4v) is 3.59. The maximum atomic E-state index is 11.7. The highest BCUT2D eigenvalue weighted by atomic mass is 32.2. The van der Waals surface area contributed by atoms with Crippen LogP contribution in [0.25, 0.3) is 0 Å². The highest BCUT2D eigenvalue weighted by molar-refractivity contribution is 8.00. The Bertz CT molecular complexity index is 502. The molecule has 5 nitrogen and oxygen atoms in total. The number of thioether (sulfide) groups is 1. The number of esters is 1.